The standard InChI is InChI=1S/C14H23N3O2/c1-14(2,3)13(18)16-11-8-15-17(9-11)10-12-6-4-5-7-19-12/h8-9,12H,4-7,10H2,1-3H3,(H,16,18)/t12-/m0/s1. The fourth-order valence-electron chi connectivity index (χ4n) is 2.01. The first-order chi connectivity index (χ1) is 8.95. The molecule has 0 radical (unpaired) electrons. The quantitative estimate of drug-likeness (QED) is 0.913. The fraction of sp³-hybridized carbons (Fsp3) is 0.714. The van der Waals surface area contributed by atoms with Crippen molar-refractivity contribution in [1.29, 1.82) is 0 Å². The number of nitrogens with one attached hydrogen (secondary N) is 1. The summed E-state index contributed by atoms with van der Waals surface area (Å²) in [6, 6.07) is 0. The lowest BCUT2D eigenvalue weighted by atomic mass is 9.96. The number of amides is 1. The van der Waals surface area contributed by atoms with Crippen LogP contribution < -0.4 is 5.32 Å². The summed E-state index contributed by atoms with van der Waals surface area (Å²) in [5, 5.41) is 7.14. The molecule has 1 aliphatic heterocycles. The second-order valence-corrected chi connectivity index (χ2v) is 6.14. The van der Waals surface area contributed by atoms with Crippen LogP contribution in [0.15, 0.2) is 12.4 Å². The van der Waals surface area contributed by atoms with Gasteiger partial charge in [-0.3, -0.25) is 9.48 Å². The van der Waals surface area contributed by atoms with Crippen molar-refractivity contribution >= 4 is 11.6 Å². The summed E-state index contributed by atoms with van der Waals surface area (Å²) in [5.74, 6) is 0.000895. The number of hydrogen-bond acceptors (Lipinski definition) is 3. The van der Waals surface area contributed by atoms with Gasteiger partial charge in [0.2, 0.25) is 5.91 Å². The van der Waals surface area contributed by atoms with Crippen LogP contribution in [0.4, 0.5) is 5.69 Å². The minimum absolute atomic E-state index is 0.000895. The number of carbonyl (C=O) groups excluding carboxylic acids is 1. The number of nitrogens with zero attached hydrogens (tertiary/aromatic N) is 2. The van der Waals surface area contributed by atoms with E-state index in [1.807, 2.05) is 31.6 Å². The van der Waals surface area contributed by atoms with Crippen molar-refractivity contribution in [3.63, 3.8) is 0 Å². The Morgan fingerprint density at radius 3 is 2.95 bits per heavy atom. The molecule has 2 heterocycles. The van der Waals surface area contributed by atoms with Crippen LogP contribution in [0.1, 0.15) is 40.0 Å². The normalized spacial score (nSPS) is 20.3. The number of rotatable bonds is 3. The summed E-state index contributed by atoms with van der Waals surface area (Å²) in [4.78, 5) is 11.9. The summed E-state index contributed by atoms with van der Waals surface area (Å²) < 4.78 is 7.52. The van der Waals surface area contributed by atoms with Crippen molar-refractivity contribution in [2.75, 3.05) is 11.9 Å². The van der Waals surface area contributed by atoms with Gasteiger partial charge in [0.05, 0.1) is 24.5 Å². The van der Waals surface area contributed by atoms with Gasteiger partial charge in [-0.15, -0.1) is 0 Å². The van der Waals surface area contributed by atoms with Gasteiger partial charge in [-0.05, 0) is 19.3 Å². The first-order valence-electron chi connectivity index (χ1n) is 6.90. The van der Waals surface area contributed by atoms with Gasteiger partial charge in [-0.25, -0.2) is 0 Å². The third-order valence-corrected chi connectivity index (χ3v) is 3.24. The van der Waals surface area contributed by atoms with Gasteiger partial charge in [-0.2, -0.15) is 5.10 Å². The zero-order chi connectivity index (χ0) is 13.9. The van der Waals surface area contributed by atoms with Crippen molar-refractivity contribution in [1.82, 2.24) is 9.78 Å². The van der Waals surface area contributed by atoms with E-state index in [0.29, 0.717) is 0 Å². The highest BCUT2D eigenvalue weighted by molar-refractivity contribution is 5.94. The van der Waals surface area contributed by atoms with E-state index in [9.17, 15) is 4.79 Å². The van der Waals surface area contributed by atoms with E-state index >= 15 is 0 Å². The lowest BCUT2D eigenvalue weighted by molar-refractivity contribution is -0.123. The molecule has 0 saturated carbocycles. The number of aromatic nitrogens is 2. The molecule has 0 aromatic carbocycles. The van der Waals surface area contributed by atoms with Gasteiger partial charge < -0.3 is 10.1 Å². The summed E-state index contributed by atoms with van der Waals surface area (Å²) >= 11 is 0. The molecular weight excluding hydrogens is 242 g/mol. The van der Waals surface area contributed by atoms with Crippen molar-refractivity contribution in [3.05, 3.63) is 12.4 Å². The molecule has 1 atom stereocenters. The van der Waals surface area contributed by atoms with Crippen LogP contribution in [-0.2, 0) is 16.1 Å². The van der Waals surface area contributed by atoms with Gasteiger partial charge in [0.25, 0.3) is 0 Å². The number of carbonyl (C=O) groups is 1. The van der Waals surface area contributed by atoms with Gasteiger partial charge >= 0.3 is 0 Å². The lowest BCUT2D eigenvalue weighted by Crippen LogP contribution is -2.27. The van der Waals surface area contributed by atoms with Crippen molar-refractivity contribution < 1.29 is 9.53 Å². The van der Waals surface area contributed by atoms with E-state index in [2.05, 4.69) is 10.4 Å². The minimum atomic E-state index is -0.394. The predicted molar refractivity (Wildman–Crippen MR) is 73.9 cm³/mol. The first-order valence-corrected chi connectivity index (χ1v) is 6.90. The molecule has 0 aliphatic carbocycles. The highest BCUT2D eigenvalue weighted by atomic mass is 16.5. The first kappa shape index (κ1) is 14.1. The maximum absolute atomic E-state index is 11.9. The Labute approximate surface area is 114 Å². The molecule has 1 aliphatic rings. The molecule has 2 rings (SSSR count). The maximum Gasteiger partial charge on any atom is 0.229 e. The molecule has 1 saturated heterocycles. The molecule has 1 N–H and O–H groups in total. The molecule has 19 heavy (non-hydrogen) atoms. The number of anilines is 1. The van der Waals surface area contributed by atoms with Crippen LogP contribution in [0.25, 0.3) is 0 Å². The van der Waals surface area contributed by atoms with Gasteiger partial charge in [0.15, 0.2) is 0 Å². The van der Waals surface area contributed by atoms with Crippen LogP contribution in [-0.4, -0.2) is 28.4 Å². The van der Waals surface area contributed by atoms with Crippen LogP contribution in [0.5, 0.6) is 0 Å². The summed E-state index contributed by atoms with van der Waals surface area (Å²) in [6.07, 6.45) is 7.26. The van der Waals surface area contributed by atoms with Crippen LogP contribution in [0.3, 0.4) is 0 Å². The van der Waals surface area contributed by atoms with Crippen LogP contribution >= 0.6 is 0 Å². The highest BCUT2D eigenvalue weighted by Gasteiger charge is 2.22. The number of ether oxygens (including phenoxy) is 1. The second kappa shape index (κ2) is 5.74. The molecule has 1 aromatic heterocycles. The Kier molecular flexibility index (Phi) is 4.24. The molecule has 5 heteroatoms. The van der Waals surface area contributed by atoms with Gasteiger partial charge in [0, 0.05) is 18.2 Å². The Hall–Kier alpha value is -1.36. The third-order valence-electron chi connectivity index (χ3n) is 3.24. The highest BCUT2D eigenvalue weighted by Crippen LogP contribution is 2.18. The van der Waals surface area contributed by atoms with Crippen LogP contribution in [0, 0.1) is 5.41 Å². The predicted octanol–water partition coefficient (Wildman–Crippen LogP) is 2.44. The molecule has 1 fully saturated rings. The molecule has 1 amide bonds. The minimum Gasteiger partial charge on any atom is -0.376 e. The van der Waals surface area contributed by atoms with Gasteiger partial charge in [-0.1, -0.05) is 20.8 Å². The SMILES string of the molecule is CC(C)(C)C(=O)Nc1cnn(C[C@@H]2CCCCO2)c1. The lowest BCUT2D eigenvalue weighted by Gasteiger charge is -2.22. The van der Waals surface area contributed by atoms with E-state index in [1.54, 1.807) is 6.20 Å². The van der Waals surface area contributed by atoms with E-state index in [0.717, 1.165) is 31.7 Å². The summed E-state index contributed by atoms with van der Waals surface area (Å²) in [7, 11) is 0. The molecule has 5 nitrogen and oxygen atoms in total. The molecule has 0 spiro atoms. The topological polar surface area (TPSA) is 56.2 Å². The van der Waals surface area contributed by atoms with Crippen molar-refractivity contribution in [3.8, 4) is 0 Å². The molecular formula is C14H23N3O2. The average molecular weight is 265 g/mol. The smallest absolute Gasteiger partial charge is 0.229 e. The largest absolute Gasteiger partial charge is 0.376 e. The Morgan fingerprint density at radius 2 is 2.32 bits per heavy atom. The van der Waals surface area contributed by atoms with Crippen molar-refractivity contribution in [2.24, 2.45) is 5.41 Å². The molecule has 0 bridgehead atoms. The third kappa shape index (κ3) is 4.06. The summed E-state index contributed by atoms with van der Waals surface area (Å²) in [6.45, 7) is 7.28. The monoisotopic (exact) mass is 265 g/mol. The Bertz CT molecular complexity index is 428. The molecule has 106 valence electrons. The van der Waals surface area contributed by atoms with Crippen molar-refractivity contribution in [2.45, 2.75) is 52.7 Å². The van der Waals surface area contributed by atoms with E-state index in [4.69, 9.17) is 4.74 Å². The van der Waals surface area contributed by atoms with Gasteiger partial charge in [0.1, 0.15) is 0 Å². The summed E-state index contributed by atoms with van der Waals surface area (Å²) in [5.41, 5.74) is 0.352. The van der Waals surface area contributed by atoms with E-state index in [1.165, 1.54) is 6.42 Å². The zero-order valence-electron chi connectivity index (χ0n) is 12.0. The van der Waals surface area contributed by atoms with E-state index in [-0.39, 0.29) is 12.0 Å². The maximum atomic E-state index is 11.9. The van der Waals surface area contributed by atoms with Crippen LogP contribution in [0.2, 0.25) is 0 Å². The fourth-order valence-corrected chi connectivity index (χ4v) is 2.01. The molecule has 1 aromatic rings. The number of hydrogen-bond donors (Lipinski definition) is 1. The average Bonchev–Trinajstić information content (AvgIpc) is 2.76. The molecule has 0 unspecified atom stereocenters. The Balaban J connectivity index is 1.89. The second-order valence-electron chi connectivity index (χ2n) is 6.14. The zero-order valence-corrected chi connectivity index (χ0v) is 12.0. The van der Waals surface area contributed by atoms with E-state index < -0.39 is 5.41 Å². The Morgan fingerprint density at radius 1 is 1.53 bits per heavy atom.